The molecule has 0 spiro atoms. The summed E-state index contributed by atoms with van der Waals surface area (Å²) in [6.07, 6.45) is 20.7. The Bertz CT molecular complexity index is 208. The zero-order valence-corrected chi connectivity index (χ0v) is 16.2. The highest BCUT2D eigenvalue weighted by atomic mass is 16.5. The van der Waals surface area contributed by atoms with Gasteiger partial charge in [-0.3, -0.25) is 0 Å². The molecule has 0 aromatic heterocycles. The third-order valence-electron chi connectivity index (χ3n) is 5.19. The Labute approximate surface area is 141 Å². The lowest BCUT2D eigenvalue weighted by Gasteiger charge is -2.27. The lowest BCUT2D eigenvalue weighted by Crippen LogP contribution is -2.27. The van der Waals surface area contributed by atoms with Gasteiger partial charge in [0.15, 0.2) is 0 Å². The molecule has 0 aliphatic rings. The van der Waals surface area contributed by atoms with Gasteiger partial charge < -0.3 is 4.74 Å². The maximum Gasteiger partial charge on any atom is 0.0649 e. The van der Waals surface area contributed by atoms with Gasteiger partial charge in [-0.15, -0.1) is 0 Å². The first-order chi connectivity index (χ1) is 10.7. The molecule has 0 bridgehead atoms. The summed E-state index contributed by atoms with van der Waals surface area (Å²) in [4.78, 5) is 0. The van der Waals surface area contributed by atoms with Crippen molar-refractivity contribution in [2.24, 2.45) is 0 Å². The first-order valence-corrected chi connectivity index (χ1v) is 10.3. The van der Waals surface area contributed by atoms with Crippen LogP contribution in [-0.2, 0) is 4.74 Å². The smallest absolute Gasteiger partial charge is 0.0649 e. The van der Waals surface area contributed by atoms with Crippen LogP contribution in [0.1, 0.15) is 124 Å². The van der Waals surface area contributed by atoms with Crippen LogP contribution in [0.15, 0.2) is 0 Å². The van der Waals surface area contributed by atoms with E-state index in [1.807, 2.05) is 0 Å². The van der Waals surface area contributed by atoms with Crippen LogP contribution < -0.4 is 0 Å². The van der Waals surface area contributed by atoms with Crippen molar-refractivity contribution < 1.29 is 4.74 Å². The molecule has 0 fully saturated rings. The summed E-state index contributed by atoms with van der Waals surface area (Å²) in [6, 6.07) is 0. The number of hydrogen-bond acceptors (Lipinski definition) is 1. The summed E-state index contributed by atoms with van der Waals surface area (Å²) < 4.78 is 6.03. The van der Waals surface area contributed by atoms with Crippen molar-refractivity contribution in [2.45, 2.75) is 130 Å². The molecule has 0 rings (SSSR count). The Morgan fingerprint density at radius 2 is 0.909 bits per heavy atom. The van der Waals surface area contributed by atoms with Crippen molar-refractivity contribution in [3.05, 3.63) is 0 Å². The fourth-order valence-corrected chi connectivity index (χ4v) is 2.89. The molecule has 0 atom stereocenters. The molecule has 0 radical (unpaired) electrons. The Hall–Kier alpha value is -0.0400. The van der Waals surface area contributed by atoms with E-state index in [1.165, 1.54) is 83.5 Å². The Kier molecular flexibility index (Phi) is 15.8. The number of hydrogen-bond donors (Lipinski definition) is 0. The lowest BCUT2D eigenvalue weighted by atomic mass is 10.00. The quantitative estimate of drug-likeness (QED) is 0.250. The summed E-state index contributed by atoms with van der Waals surface area (Å²) in [6.45, 7) is 9.95. The largest absolute Gasteiger partial charge is 0.375 e. The van der Waals surface area contributed by atoms with Crippen LogP contribution in [0.3, 0.4) is 0 Å². The van der Waals surface area contributed by atoms with Crippen molar-refractivity contribution in [1.82, 2.24) is 0 Å². The van der Waals surface area contributed by atoms with Gasteiger partial charge in [0.2, 0.25) is 0 Å². The van der Waals surface area contributed by atoms with E-state index in [4.69, 9.17) is 4.74 Å². The van der Waals surface area contributed by atoms with E-state index in [1.54, 1.807) is 0 Å². The maximum absolute atomic E-state index is 6.03. The SMILES string of the molecule is CCCCCCCCCCCCCCCOC(C)(CC)CC. The molecule has 0 saturated carbocycles. The molecular weight excluding hydrogens is 268 g/mol. The predicted octanol–water partition coefficient (Wildman–Crippen LogP) is 7.67. The van der Waals surface area contributed by atoms with E-state index >= 15 is 0 Å². The topological polar surface area (TPSA) is 9.23 Å². The summed E-state index contributed by atoms with van der Waals surface area (Å²) in [5.74, 6) is 0. The van der Waals surface area contributed by atoms with E-state index in [9.17, 15) is 0 Å². The van der Waals surface area contributed by atoms with E-state index in [0.717, 1.165) is 19.4 Å². The first kappa shape index (κ1) is 22.0. The number of unbranched alkanes of at least 4 members (excludes halogenated alkanes) is 12. The van der Waals surface area contributed by atoms with Crippen molar-refractivity contribution in [3.63, 3.8) is 0 Å². The molecule has 1 nitrogen and oxygen atoms in total. The molecule has 22 heavy (non-hydrogen) atoms. The average Bonchev–Trinajstić information content (AvgIpc) is 2.55. The molecule has 0 aromatic carbocycles. The highest BCUT2D eigenvalue weighted by molar-refractivity contribution is 4.70. The summed E-state index contributed by atoms with van der Waals surface area (Å²) >= 11 is 0. The van der Waals surface area contributed by atoms with Crippen LogP contribution >= 0.6 is 0 Å². The molecule has 0 heterocycles. The fraction of sp³-hybridized carbons (Fsp3) is 1.00. The maximum atomic E-state index is 6.03. The zero-order valence-electron chi connectivity index (χ0n) is 16.2. The number of ether oxygens (including phenoxy) is 1. The van der Waals surface area contributed by atoms with E-state index in [-0.39, 0.29) is 5.60 Å². The average molecular weight is 313 g/mol. The van der Waals surface area contributed by atoms with Gasteiger partial charge in [-0.25, -0.2) is 0 Å². The molecule has 0 unspecified atom stereocenters. The van der Waals surface area contributed by atoms with Crippen LogP contribution in [0.5, 0.6) is 0 Å². The predicted molar refractivity (Wildman–Crippen MR) is 101 cm³/mol. The summed E-state index contributed by atoms with van der Waals surface area (Å²) in [7, 11) is 0. The summed E-state index contributed by atoms with van der Waals surface area (Å²) in [5, 5.41) is 0. The molecule has 0 N–H and O–H groups in total. The molecule has 134 valence electrons. The fourth-order valence-electron chi connectivity index (χ4n) is 2.89. The second kappa shape index (κ2) is 15.8. The minimum Gasteiger partial charge on any atom is -0.375 e. The second-order valence-electron chi connectivity index (χ2n) is 7.25. The van der Waals surface area contributed by atoms with Crippen LogP contribution in [0, 0.1) is 0 Å². The van der Waals surface area contributed by atoms with Gasteiger partial charge >= 0.3 is 0 Å². The molecule has 0 aromatic rings. The van der Waals surface area contributed by atoms with Gasteiger partial charge in [0, 0.05) is 6.61 Å². The summed E-state index contributed by atoms with van der Waals surface area (Å²) in [5.41, 5.74) is 0.122. The normalized spacial score (nSPS) is 12.0. The second-order valence-corrected chi connectivity index (χ2v) is 7.25. The van der Waals surface area contributed by atoms with E-state index in [0.29, 0.717) is 0 Å². The molecular formula is C21H44O. The zero-order chi connectivity index (χ0) is 16.5. The van der Waals surface area contributed by atoms with Gasteiger partial charge in [-0.1, -0.05) is 97.8 Å². The third kappa shape index (κ3) is 13.6. The van der Waals surface area contributed by atoms with Crippen molar-refractivity contribution >= 4 is 0 Å². The minimum atomic E-state index is 0.122. The van der Waals surface area contributed by atoms with E-state index in [2.05, 4.69) is 27.7 Å². The molecule has 0 saturated heterocycles. The molecule has 0 aliphatic carbocycles. The van der Waals surface area contributed by atoms with Crippen LogP contribution in [0.25, 0.3) is 0 Å². The molecule has 1 heteroatoms. The van der Waals surface area contributed by atoms with Crippen LogP contribution in [-0.4, -0.2) is 12.2 Å². The van der Waals surface area contributed by atoms with Gasteiger partial charge in [0.05, 0.1) is 5.60 Å². The first-order valence-electron chi connectivity index (χ1n) is 10.3. The van der Waals surface area contributed by atoms with Crippen LogP contribution in [0.2, 0.25) is 0 Å². The highest BCUT2D eigenvalue weighted by Gasteiger charge is 2.19. The van der Waals surface area contributed by atoms with Crippen molar-refractivity contribution in [2.75, 3.05) is 6.61 Å². The standard InChI is InChI=1S/C21H44O/c1-5-8-9-10-11-12-13-14-15-16-17-18-19-20-22-21(4,6-2)7-3/h5-20H2,1-4H3. The van der Waals surface area contributed by atoms with Gasteiger partial charge in [-0.05, 0) is 26.2 Å². The Morgan fingerprint density at radius 1 is 0.545 bits per heavy atom. The monoisotopic (exact) mass is 312 g/mol. The highest BCUT2D eigenvalue weighted by Crippen LogP contribution is 2.20. The van der Waals surface area contributed by atoms with Gasteiger partial charge in [0.1, 0.15) is 0 Å². The Balaban J connectivity index is 3.14. The lowest BCUT2D eigenvalue weighted by molar-refractivity contribution is -0.0385. The molecule has 0 amide bonds. The van der Waals surface area contributed by atoms with Crippen molar-refractivity contribution in [1.29, 1.82) is 0 Å². The Morgan fingerprint density at radius 3 is 1.27 bits per heavy atom. The molecule has 0 aliphatic heterocycles. The van der Waals surface area contributed by atoms with Crippen molar-refractivity contribution in [3.8, 4) is 0 Å². The van der Waals surface area contributed by atoms with Gasteiger partial charge in [-0.2, -0.15) is 0 Å². The van der Waals surface area contributed by atoms with Crippen LogP contribution in [0.4, 0.5) is 0 Å². The van der Waals surface area contributed by atoms with E-state index < -0.39 is 0 Å². The number of rotatable bonds is 17. The minimum absolute atomic E-state index is 0.122. The van der Waals surface area contributed by atoms with Gasteiger partial charge in [0.25, 0.3) is 0 Å². The third-order valence-corrected chi connectivity index (χ3v) is 5.19.